The Balaban J connectivity index is 0.00000101. The molecule has 3 rings (SSSR count). The molecule has 8 nitrogen and oxygen atoms in total. The van der Waals surface area contributed by atoms with Crippen LogP contribution in [0.3, 0.4) is 0 Å². The lowest BCUT2D eigenvalue weighted by Gasteiger charge is -2.22. The molecule has 0 bridgehead atoms. The van der Waals surface area contributed by atoms with Crippen LogP contribution in [0.1, 0.15) is 16.8 Å². The quantitative estimate of drug-likeness (QED) is 0.555. The molecule has 0 radical (unpaired) electrons. The number of nitrogens with zero attached hydrogens (tertiary/aromatic N) is 4. The van der Waals surface area contributed by atoms with Crippen molar-refractivity contribution in [2.75, 3.05) is 18.4 Å². The van der Waals surface area contributed by atoms with Crippen LogP contribution in [0.5, 0.6) is 0 Å². The Morgan fingerprint density at radius 3 is 2.50 bits per heavy atom. The number of rotatable bonds is 8. The molecule has 0 aliphatic rings. The second-order valence-electron chi connectivity index (χ2n) is 6.76. The summed E-state index contributed by atoms with van der Waals surface area (Å²) in [5.74, 6) is -0.0388. The third-order valence-electron chi connectivity index (χ3n) is 4.34. The summed E-state index contributed by atoms with van der Waals surface area (Å²) in [7, 11) is 1.84. The summed E-state index contributed by atoms with van der Waals surface area (Å²) in [4.78, 5) is 27.3. The Hall–Kier alpha value is -3.52. The van der Waals surface area contributed by atoms with E-state index in [4.69, 9.17) is 9.90 Å². The van der Waals surface area contributed by atoms with E-state index in [0.717, 1.165) is 29.9 Å². The molecule has 1 aromatic carbocycles. The van der Waals surface area contributed by atoms with E-state index in [1.165, 1.54) is 5.56 Å². The zero-order chi connectivity index (χ0) is 21.8. The molecule has 0 aliphatic carbocycles. The number of hydrogen-bond donors (Lipinski definition) is 2. The second-order valence-corrected chi connectivity index (χ2v) is 6.76. The van der Waals surface area contributed by atoms with E-state index < -0.39 is 0 Å². The minimum Gasteiger partial charge on any atom is -0.483 e. The standard InChI is InChI=1S/C21H25N5O.CH2O2/c1-17-20(15-25(2)24-17)23-21(27)16-26(14-19-9-6-11-22-13-19)12-10-18-7-4-3-5-8-18;2-1-3/h3-9,11,13,15H,10,12,14,16H2,1-2H3,(H,23,27);1H,(H,2,3). The van der Waals surface area contributed by atoms with Gasteiger partial charge in [-0.3, -0.25) is 24.2 Å². The van der Waals surface area contributed by atoms with Gasteiger partial charge in [-0.2, -0.15) is 5.10 Å². The number of carbonyl (C=O) groups excluding carboxylic acids is 1. The van der Waals surface area contributed by atoms with Crippen molar-refractivity contribution >= 4 is 18.1 Å². The monoisotopic (exact) mass is 409 g/mol. The van der Waals surface area contributed by atoms with E-state index in [1.807, 2.05) is 56.7 Å². The molecule has 3 aromatic rings. The van der Waals surface area contributed by atoms with E-state index in [2.05, 4.69) is 32.4 Å². The molecule has 158 valence electrons. The number of anilines is 1. The summed E-state index contributed by atoms with van der Waals surface area (Å²) in [6, 6.07) is 14.3. The summed E-state index contributed by atoms with van der Waals surface area (Å²) in [6.45, 7) is 3.42. The highest BCUT2D eigenvalue weighted by atomic mass is 16.3. The van der Waals surface area contributed by atoms with Crippen LogP contribution in [-0.4, -0.2) is 50.2 Å². The molecular formula is C22H27N5O3. The van der Waals surface area contributed by atoms with Crippen LogP contribution in [-0.2, 0) is 29.6 Å². The highest BCUT2D eigenvalue weighted by molar-refractivity contribution is 5.92. The first-order valence-corrected chi connectivity index (χ1v) is 9.55. The van der Waals surface area contributed by atoms with Crippen LogP contribution in [0.2, 0.25) is 0 Å². The van der Waals surface area contributed by atoms with Gasteiger partial charge < -0.3 is 10.4 Å². The summed E-state index contributed by atoms with van der Waals surface area (Å²) < 4.78 is 1.70. The molecule has 30 heavy (non-hydrogen) atoms. The van der Waals surface area contributed by atoms with E-state index >= 15 is 0 Å². The lowest BCUT2D eigenvalue weighted by molar-refractivity contribution is -0.123. The number of nitrogens with one attached hydrogen (secondary N) is 1. The fourth-order valence-corrected chi connectivity index (χ4v) is 3.01. The zero-order valence-electron chi connectivity index (χ0n) is 17.2. The maximum absolute atomic E-state index is 12.6. The van der Waals surface area contributed by atoms with Gasteiger partial charge in [0.2, 0.25) is 5.91 Å². The maximum atomic E-state index is 12.6. The summed E-state index contributed by atoms with van der Waals surface area (Å²) in [5.41, 5.74) is 3.92. The lowest BCUT2D eigenvalue weighted by atomic mass is 10.1. The van der Waals surface area contributed by atoms with Crippen LogP contribution in [0.15, 0.2) is 61.1 Å². The smallest absolute Gasteiger partial charge is 0.290 e. The average molecular weight is 409 g/mol. The predicted molar refractivity (Wildman–Crippen MR) is 115 cm³/mol. The maximum Gasteiger partial charge on any atom is 0.290 e. The molecule has 0 spiro atoms. The highest BCUT2D eigenvalue weighted by Crippen LogP contribution is 2.12. The van der Waals surface area contributed by atoms with Gasteiger partial charge in [0.25, 0.3) is 6.47 Å². The van der Waals surface area contributed by atoms with Crippen LogP contribution >= 0.6 is 0 Å². The van der Waals surface area contributed by atoms with Crippen molar-refractivity contribution in [2.24, 2.45) is 7.05 Å². The molecule has 0 saturated heterocycles. The molecule has 2 heterocycles. The molecule has 0 aliphatic heterocycles. The van der Waals surface area contributed by atoms with Crippen molar-refractivity contribution in [2.45, 2.75) is 19.9 Å². The SMILES string of the molecule is Cc1nn(C)cc1NC(=O)CN(CCc1ccccc1)Cc1cccnc1.O=CO. The fourth-order valence-electron chi connectivity index (χ4n) is 3.01. The van der Waals surface area contributed by atoms with Crippen molar-refractivity contribution in [3.05, 3.63) is 77.9 Å². The molecular weight excluding hydrogens is 382 g/mol. The average Bonchev–Trinajstić information content (AvgIpc) is 3.05. The van der Waals surface area contributed by atoms with Gasteiger partial charge in [-0.05, 0) is 30.5 Å². The number of carbonyl (C=O) groups is 2. The Morgan fingerprint density at radius 2 is 1.90 bits per heavy atom. The summed E-state index contributed by atoms with van der Waals surface area (Å²) in [5, 5.41) is 14.1. The van der Waals surface area contributed by atoms with Gasteiger partial charge in [0.05, 0.1) is 17.9 Å². The van der Waals surface area contributed by atoms with Crippen molar-refractivity contribution in [1.82, 2.24) is 19.7 Å². The van der Waals surface area contributed by atoms with Gasteiger partial charge in [-0.1, -0.05) is 36.4 Å². The van der Waals surface area contributed by atoms with Crippen molar-refractivity contribution < 1.29 is 14.7 Å². The highest BCUT2D eigenvalue weighted by Gasteiger charge is 2.14. The number of hydrogen-bond acceptors (Lipinski definition) is 5. The van der Waals surface area contributed by atoms with Gasteiger partial charge in [-0.15, -0.1) is 0 Å². The Morgan fingerprint density at radius 1 is 1.20 bits per heavy atom. The van der Waals surface area contributed by atoms with E-state index in [-0.39, 0.29) is 12.4 Å². The third-order valence-corrected chi connectivity index (χ3v) is 4.34. The van der Waals surface area contributed by atoms with Crippen molar-refractivity contribution in [1.29, 1.82) is 0 Å². The van der Waals surface area contributed by atoms with E-state index in [9.17, 15) is 4.79 Å². The topological polar surface area (TPSA) is 100 Å². The Kier molecular flexibility index (Phi) is 9.20. The molecule has 0 fully saturated rings. The predicted octanol–water partition coefficient (Wildman–Crippen LogP) is 2.51. The molecule has 0 saturated carbocycles. The van der Waals surface area contributed by atoms with E-state index in [1.54, 1.807) is 10.9 Å². The molecule has 8 heteroatoms. The van der Waals surface area contributed by atoms with Gasteiger partial charge in [-0.25, -0.2) is 0 Å². The lowest BCUT2D eigenvalue weighted by Crippen LogP contribution is -2.34. The first-order chi connectivity index (χ1) is 14.5. The second kappa shape index (κ2) is 12.1. The number of pyridine rings is 1. The Bertz CT molecular complexity index is 913. The molecule has 2 aromatic heterocycles. The fraction of sp³-hybridized carbons (Fsp3) is 0.273. The third kappa shape index (κ3) is 7.84. The number of aryl methyl sites for hydroxylation is 2. The minimum absolute atomic E-state index is 0.0388. The van der Waals surface area contributed by atoms with Crippen LogP contribution in [0, 0.1) is 6.92 Å². The Labute approximate surface area is 176 Å². The molecule has 0 atom stereocenters. The van der Waals surface area contributed by atoms with Crippen molar-refractivity contribution in [3.63, 3.8) is 0 Å². The first kappa shape index (κ1) is 22.8. The zero-order valence-corrected chi connectivity index (χ0v) is 17.2. The van der Waals surface area contributed by atoms with Crippen LogP contribution < -0.4 is 5.32 Å². The number of amides is 1. The van der Waals surface area contributed by atoms with Gasteiger partial charge in [0.15, 0.2) is 0 Å². The van der Waals surface area contributed by atoms with Crippen LogP contribution in [0.4, 0.5) is 5.69 Å². The van der Waals surface area contributed by atoms with Gasteiger partial charge in [0, 0.05) is 38.7 Å². The molecule has 0 unspecified atom stereocenters. The van der Waals surface area contributed by atoms with Crippen LogP contribution in [0.25, 0.3) is 0 Å². The van der Waals surface area contributed by atoms with E-state index in [0.29, 0.717) is 13.1 Å². The molecule has 1 amide bonds. The number of carboxylic acid groups (broad SMARTS) is 1. The van der Waals surface area contributed by atoms with Gasteiger partial charge >= 0.3 is 0 Å². The minimum atomic E-state index is -0.250. The van der Waals surface area contributed by atoms with Crippen molar-refractivity contribution in [3.8, 4) is 0 Å². The number of aromatic nitrogens is 3. The largest absolute Gasteiger partial charge is 0.483 e. The first-order valence-electron chi connectivity index (χ1n) is 9.55. The summed E-state index contributed by atoms with van der Waals surface area (Å²) in [6.07, 6.45) is 6.32. The van der Waals surface area contributed by atoms with Gasteiger partial charge in [0.1, 0.15) is 0 Å². The number of benzene rings is 1. The molecule has 2 N–H and O–H groups in total. The summed E-state index contributed by atoms with van der Waals surface area (Å²) >= 11 is 0. The normalized spacial score (nSPS) is 10.2.